The van der Waals surface area contributed by atoms with Crippen LogP contribution in [0.15, 0.2) is 60.8 Å². The van der Waals surface area contributed by atoms with Gasteiger partial charge in [-0.2, -0.15) is 0 Å². The molecule has 48 heavy (non-hydrogen) atoms. The molecular formula is C39H51FN4O4. The summed E-state index contributed by atoms with van der Waals surface area (Å²) in [4.78, 5) is 20.7. The summed E-state index contributed by atoms with van der Waals surface area (Å²) < 4.78 is 26.2. The second-order valence-corrected chi connectivity index (χ2v) is 15.4. The highest BCUT2D eigenvalue weighted by molar-refractivity contribution is 5.81. The summed E-state index contributed by atoms with van der Waals surface area (Å²) in [6, 6.07) is 16.2. The molecule has 3 aromatic rings. The first-order valence-electron chi connectivity index (χ1n) is 17.5. The second kappa shape index (κ2) is 14.6. The number of ether oxygens (including phenoxy) is 2. The summed E-state index contributed by atoms with van der Waals surface area (Å²) in [5, 5.41) is 18.4. The number of morpholine rings is 1. The fourth-order valence-electron chi connectivity index (χ4n) is 7.26. The lowest BCUT2D eigenvalue weighted by atomic mass is 9.73. The van der Waals surface area contributed by atoms with Crippen LogP contribution in [0.4, 0.5) is 4.39 Å². The fourth-order valence-corrected chi connectivity index (χ4v) is 7.26. The van der Waals surface area contributed by atoms with Gasteiger partial charge >= 0.3 is 0 Å². The van der Waals surface area contributed by atoms with Crippen molar-refractivity contribution < 1.29 is 23.8 Å². The van der Waals surface area contributed by atoms with Crippen LogP contribution < -0.4 is 15.4 Å². The summed E-state index contributed by atoms with van der Waals surface area (Å²) in [6.45, 7) is 11.4. The fraction of sp³-hybridized carbons (Fsp3) is 0.538. The molecule has 1 spiro atoms. The number of aromatic nitrogens is 1. The third-order valence-corrected chi connectivity index (χ3v) is 9.87. The molecular weight excluding hydrogens is 607 g/mol. The molecule has 2 fully saturated rings. The van der Waals surface area contributed by atoms with Gasteiger partial charge in [-0.05, 0) is 79.3 Å². The maximum atomic E-state index is 13.7. The summed E-state index contributed by atoms with van der Waals surface area (Å²) in [5.74, 6) is 0.0933. The Hall–Kier alpha value is -3.37. The number of nitrogens with zero attached hydrogens (tertiary/aromatic N) is 2. The predicted octanol–water partition coefficient (Wildman–Crippen LogP) is 5.44. The van der Waals surface area contributed by atoms with E-state index in [1.807, 2.05) is 6.20 Å². The lowest BCUT2D eigenvalue weighted by molar-refractivity contribution is -0.140. The van der Waals surface area contributed by atoms with Gasteiger partial charge in [-0.15, -0.1) is 0 Å². The van der Waals surface area contributed by atoms with Gasteiger partial charge in [-0.3, -0.25) is 9.69 Å². The van der Waals surface area contributed by atoms with E-state index in [9.17, 15) is 14.3 Å². The van der Waals surface area contributed by atoms with Crippen LogP contribution in [-0.4, -0.2) is 71.0 Å². The zero-order chi connectivity index (χ0) is 33.9. The van der Waals surface area contributed by atoms with Crippen LogP contribution in [0.25, 0.3) is 0 Å². The Morgan fingerprint density at radius 1 is 1.12 bits per heavy atom. The molecule has 0 bridgehead atoms. The van der Waals surface area contributed by atoms with E-state index in [1.165, 1.54) is 23.3 Å². The van der Waals surface area contributed by atoms with Crippen molar-refractivity contribution in [1.29, 1.82) is 0 Å². The first-order valence-corrected chi connectivity index (χ1v) is 17.5. The van der Waals surface area contributed by atoms with Crippen molar-refractivity contribution >= 4 is 5.91 Å². The van der Waals surface area contributed by atoms with Gasteiger partial charge < -0.3 is 25.2 Å². The number of fused-ring (bicyclic) bond motifs is 1. The quantitative estimate of drug-likeness (QED) is 0.253. The molecule has 4 atom stereocenters. The molecule has 1 aromatic heterocycles. The molecule has 9 heteroatoms. The van der Waals surface area contributed by atoms with E-state index in [4.69, 9.17) is 14.5 Å². The number of hydrogen-bond acceptors (Lipinski definition) is 7. The number of nitrogens with one attached hydrogen (secondary N) is 2. The highest BCUT2D eigenvalue weighted by Gasteiger charge is 2.46. The van der Waals surface area contributed by atoms with Crippen LogP contribution in [0.1, 0.15) is 80.3 Å². The number of rotatable bonds is 11. The SMILES string of the molecule is Cc1cccc(CN2CCO[C@H](C(=O)N[C@@H](Cc3ccc(F)cc3)[C@H](O)CN[C@H]3CC4(CCC4)Oc4ncc(CC(C)(C)C)cc43)C2)c1. The average molecular weight is 659 g/mol. The number of aliphatic hydroxyl groups is 1. The maximum absolute atomic E-state index is 13.7. The van der Waals surface area contributed by atoms with Crippen LogP contribution in [0.2, 0.25) is 0 Å². The smallest absolute Gasteiger partial charge is 0.250 e. The second-order valence-electron chi connectivity index (χ2n) is 15.4. The highest BCUT2D eigenvalue weighted by Crippen LogP contribution is 2.48. The summed E-state index contributed by atoms with van der Waals surface area (Å²) in [5.41, 5.74) is 5.30. The van der Waals surface area contributed by atoms with Crippen molar-refractivity contribution in [2.24, 2.45) is 5.41 Å². The Morgan fingerprint density at radius 2 is 1.92 bits per heavy atom. The standard InChI is InChI=1S/C39H51FN4O4/c1-26-7-5-8-28(17-26)24-44-15-16-47-35(25-44)36(46)43-32(19-27-9-11-30(40)12-10-27)34(45)23-41-33-21-39(13-6-14-39)48-37-31(33)18-29(22-42-37)20-38(2,3)4/h5,7-12,17-18,22,32-35,41,45H,6,13-16,19-21,23-25H2,1-4H3,(H,43,46)/t32-,33-,34+,35-/m0/s1. The Kier molecular flexibility index (Phi) is 10.5. The normalized spacial score (nSPS) is 21.9. The molecule has 1 amide bonds. The zero-order valence-electron chi connectivity index (χ0n) is 28.8. The van der Waals surface area contributed by atoms with Crippen molar-refractivity contribution in [1.82, 2.24) is 20.5 Å². The van der Waals surface area contributed by atoms with E-state index in [-0.39, 0.29) is 35.3 Å². The molecule has 3 heterocycles. The minimum absolute atomic E-state index is 0.0462. The Morgan fingerprint density at radius 3 is 2.62 bits per heavy atom. The third kappa shape index (κ3) is 8.80. The number of aliphatic hydroxyl groups excluding tert-OH is 1. The van der Waals surface area contributed by atoms with Gasteiger partial charge in [0.05, 0.1) is 18.8 Å². The van der Waals surface area contributed by atoms with Crippen molar-refractivity contribution in [2.45, 2.75) is 103 Å². The molecule has 0 unspecified atom stereocenters. The van der Waals surface area contributed by atoms with E-state index in [2.05, 4.69) is 73.6 Å². The summed E-state index contributed by atoms with van der Waals surface area (Å²) in [6.07, 6.45) is 5.50. The molecule has 6 rings (SSSR count). The van der Waals surface area contributed by atoms with Gasteiger partial charge in [0, 0.05) is 50.4 Å². The minimum atomic E-state index is -0.916. The molecule has 1 saturated heterocycles. The molecule has 2 aliphatic heterocycles. The Bertz CT molecular complexity index is 1550. The Labute approximate surface area is 284 Å². The first kappa shape index (κ1) is 34.5. The molecule has 1 aliphatic carbocycles. The van der Waals surface area contributed by atoms with E-state index < -0.39 is 18.2 Å². The maximum Gasteiger partial charge on any atom is 0.250 e. The molecule has 0 radical (unpaired) electrons. The van der Waals surface area contributed by atoms with Crippen LogP contribution >= 0.6 is 0 Å². The van der Waals surface area contributed by atoms with Gasteiger partial charge in [0.2, 0.25) is 5.88 Å². The monoisotopic (exact) mass is 658 g/mol. The largest absolute Gasteiger partial charge is 0.471 e. The molecule has 1 saturated carbocycles. The molecule has 2 aromatic carbocycles. The molecule has 8 nitrogen and oxygen atoms in total. The number of aryl methyl sites for hydroxylation is 1. The highest BCUT2D eigenvalue weighted by atomic mass is 19.1. The van der Waals surface area contributed by atoms with Gasteiger partial charge in [-0.1, -0.05) is 62.7 Å². The van der Waals surface area contributed by atoms with E-state index in [0.717, 1.165) is 61.9 Å². The Balaban J connectivity index is 1.15. The van der Waals surface area contributed by atoms with Gasteiger partial charge in [-0.25, -0.2) is 9.37 Å². The number of hydrogen-bond donors (Lipinski definition) is 3. The van der Waals surface area contributed by atoms with Crippen molar-refractivity contribution in [3.8, 4) is 5.88 Å². The van der Waals surface area contributed by atoms with Gasteiger partial charge in [0.25, 0.3) is 5.91 Å². The third-order valence-electron chi connectivity index (χ3n) is 9.87. The van der Waals surface area contributed by atoms with Crippen LogP contribution in [0, 0.1) is 18.2 Å². The lowest BCUT2D eigenvalue weighted by Crippen LogP contribution is -2.56. The summed E-state index contributed by atoms with van der Waals surface area (Å²) in [7, 11) is 0. The first-order chi connectivity index (χ1) is 22.9. The predicted molar refractivity (Wildman–Crippen MR) is 184 cm³/mol. The number of carbonyl (C=O) groups excluding carboxylic acids is 1. The number of pyridine rings is 1. The van der Waals surface area contributed by atoms with Crippen molar-refractivity contribution in [2.75, 3.05) is 26.2 Å². The average Bonchev–Trinajstić information content (AvgIpc) is 3.02. The van der Waals surface area contributed by atoms with E-state index in [1.54, 1.807) is 12.1 Å². The number of benzene rings is 2. The molecule has 258 valence electrons. The number of halogens is 1. The molecule has 3 aliphatic rings. The van der Waals surface area contributed by atoms with Gasteiger partial charge in [0.1, 0.15) is 17.5 Å². The van der Waals surface area contributed by atoms with Crippen LogP contribution in [-0.2, 0) is 28.9 Å². The zero-order valence-corrected chi connectivity index (χ0v) is 28.8. The topological polar surface area (TPSA) is 96.0 Å². The summed E-state index contributed by atoms with van der Waals surface area (Å²) >= 11 is 0. The lowest BCUT2D eigenvalue weighted by Gasteiger charge is -2.47. The van der Waals surface area contributed by atoms with Crippen LogP contribution in [0.3, 0.4) is 0 Å². The van der Waals surface area contributed by atoms with E-state index >= 15 is 0 Å². The minimum Gasteiger partial charge on any atom is -0.471 e. The van der Waals surface area contributed by atoms with Crippen molar-refractivity contribution in [3.05, 3.63) is 94.4 Å². The van der Waals surface area contributed by atoms with Gasteiger partial charge in [0.15, 0.2) is 0 Å². The van der Waals surface area contributed by atoms with Crippen LogP contribution in [0.5, 0.6) is 5.88 Å². The van der Waals surface area contributed by atoms with E-state index in [0.29, 0.717) is 25.5 Å². The number of carbonyl (C=O) groups is 1. The number of amides is 1. The van der Waals surface area contributed by atoms with Crippen molar-refractivity contribution in [3.63, 3.8) is 0 Å². The molecule has 3 N–H and O–H groups in total.